The van der Waals surface area contributed by atoms with Gasteiger partial charge in [0.1, 0.15) is 15.6 Å². The zero-order valence-corrected chi connectivity index (χ0v) is 17.0. The van der Waals surface area contributed by atoms with Crippen LogP contribution in [-0.4, -0.2) is 21.4 Å². The van der Waals surface area contributed by atoms with Crippen LogP contribution < -0.4 is 10.9 Å². The standard InChI is InChI=1S/C17H14BrClN4O2S/c1-9-14(26-17(20-9)10-3-5-12(19)6-4-10)16(25)22-21-15(24)13-7-11(18)8-23(13)2/h3-8H,1-2H3,(H,21,24)(H,22,25). The normalized spacial score (nSPS) is 10.6. The van der Waals surface area contributed by atoms with E-state index in [-0.39, 0.29) is 0 Å². The zero-order chi connectivity index (χ0) is 18.8. The Balaban J connectivity index is 1.71. The molecule has 0 aliphatic heterocycles. The third-order valence-corrected chi connectivity index (χ3v) is 5.48. The van der Waals surface area contributed by atoms with Gasteiger partial charge in [0, 0.05) is 28.3 Å². The Kier molecular flexibility index (Phi) is 5.45. The number of nitrogens with zero attached hydrogens (tertiary/aromatic N) is 2. The second kappa shape index (κ2) is 7.61. The molecule has 6 nitrogen and oxygen atoms in total. The van der Waals surface area contributed by atoms with Gasteiger partial charge in [0.25, 0.3) is 11.8 Å². The quantitative estimate of drug-likeness (QED) is 0.590. The van der Waals surface area contributed by atoms with E-state index < -0.39 is 11.8 Å². The molecule has 0 spiro atoms. The fraction of sp³-hybridized carbons (Fsp3) is 0.118. The van der Waals surface area contributed by atoms with Crippen molar-refractivity contribution in [2.45, 2.75) is 6.92 Å². The second-order valence-corrected chi connectivity index (χ2v) is 7.85. The van der Waals surface area contributed by atoms with Crippen molar-refractivity contribution in [1.82, 2.24) is 20.4 Å². The summed E-state index contributed by atoms with van der Waals surface area (Å²) in [6, 6.07) is 8.89. The van der Waals surface area contributed by atoms with Gasteiger partial charge in [-0.1, -0.05) is 23.7 Å². The van der Waals surface area contributed by atoms with Crippen LogP contribution in [0.2, 0.25) is 5.02 Å². The summed E-state index contributed by atoms with van der Waals surface area (Å²) in [4.78, 5) is 29.4. The number of hydrogen-bond donors (Lipinski definition) is 2. The molecular formula is C17H14BrClN4O2S. The molecule has 1 aromatic carbocycles. The topological polar surface area (TPSA) is 76.0 Å². The van der Waals surface area contributed by atoms with Gasteiger partial charge in [-0.3, -0.25) is 20.4 Å². The Morgan fingerprint density at radius 1 is 1.19 bits per heavy atom. The van der Waals surface area contributed by atoms with Crippen LogP contribution in [0, 0.1) is 6.92 Å². The molecule has 0 saturated heterocycles. The molecule has 0 bridgehead atoms. The Morgan fingerprint density at radius 3 is 2.46 bits per heavy atom. The molecule has 3 aromatic rings. The van der Waals surface area contributed by atoms with Crippen molar-refractivity contribution in [2.24, 2.45) is 7.05 Å². The molecular weight excluding hydrogens is 440 g/mol. The Hall–Kier alpha value is -2.16. The fourth-order valence-corrected chi connectivity index (χ4v) is 3.92. The number of rotatable bonds is 3. The van der Waals surface area contributed by atoms with Crippen LogP contribution in [0.1, 0.15) is 25.9 Å². The minimum absolute atomic E-state index is 0.411. The van der Waals surface area contributed by atoms with Crippen molar-refractivity contribution >= 4 is 50.7 Å². The van der Waals surface area contributed by atoms with Gasteiger partial charge in [-0.25, -0.2) is 4.98 Å². The van der Waals surface area contributed by atoms with Crippen LogP contribution in [0.25, 0.3) is 10.6 Å². The molecule has 0 radical (unpaired) electrons. The largest absolute Gasteiger partial charge is 0.345 e. The SMILES string of the molecule is Cc1nc(-c2ccc(Cl)cc2)sc1C(=O)NNC(=O)c1cc(Br)cn1C. The van der Waals surface area contributed by atoms with E-state index >= 15 is 0 Å². The first-order valence-corrected chi connectivity index (χ1v) is 9.50. The van der Waals surface area contributed by atoms with Crippen molar-refractivity contribution in [1.29, 1.82) is 0 Å². The van der Waals surface area contributed by atoms with Gasteiger partial charge < -0.3 is 4.57 Å². The maximum absolute atomic E-state index is 12.4. The van der Waals surface area contributed by atoms with Gasteiger partial charge in [0.05, 0.1) is 5.69 Å². The third-order valence-electron chi connectivity index (χ3n) is 3.59. The van der Waals surface area contributed by atoms with Crippen LogP contribution in [-0.2, 0) is 7.05 Å². The number of nitrogens with one attached hydrogen (secondary N) is 2. The number of aromatic nitrogens is 2. The molecule has 0 aliphatic rings. The molecule has 3 rings (SSSR count). The van der Waals surface area contributed by atoms with E-state index in [4.69, 9.17) is 11.6 Å². The molecule has 2 amide bonds. The minimum atomic E-state index is -0.415. The molecule has 26 heavy (non-hydrogen) atoms. The van der Waals surface area contributed by atoms with E-state index in [1.807, 2.05) is 12.1 Å². The lowest BCUT2D eigenvalue weighted by molar-refractivity contribution is 0.0843. The summed E-state index contributed by atoms with van der Waals surface area (Å²) in [5, 5.41) is 1.34. The molecule has 0 atom stereocenters. The molecule has 9 heteroatoms. The molecule has 0 unspecified atom stereocenters. The second-order valence-electron chi connectivity index (χ2n) is 5.50. The number of halogens is 2. The molecule has 2 N–H and O–H groups in total. The van der Waals surface area contributed by atoms with Gasteiger partial charge >= 0.3 is 0 Å². The lowest BCUT2D eigenvalue weighted by Gasteiger charge is -2.07. The number of thiazole rings is 1. The van der Waals surface area contributed by atoms with Crippen LogP contribution in [0.5, 0.6) is 0 Å². The number of carbonyl (C=O) groups is 2. The number of hydrazine groups is 1. The highest BCUT2D eigenvalue weighted by Crippen LogP contribution is 2.28. The van der Waals surface area contributed by atoms with E-state index in [0.717, 1.165) is 10.0 Å². The number of hydrogen-bond acceptors (Lipinski definition) is 4. The van der Waals surface area contributed by atoms with Crippen LogP contribution in [0.3, 0.4) is 0 Å². The maximum Gasteiger partial charge on any atom is 0.286 e. The molecule has 0 fully saturated rings. The van der Waals surface area contributed by atoms with E-state index in [2.05, 4.69) is 31.8 Å². The number of aryl methyl sites for hydroxylation is 2. The van der Waals surface area contributed by atoms with Gasteiger partial charge in [-0.05, 0) is 41.1 Å². The number of amides is 2. The summed E-state index contributed by atoms with van der Waals surface area (Å²) in [5.41, 5.74) is 6.73. The predicted molar refractivity (Wildman–Crippen MR) is 105 cm³/mol. The van der Waals surface area contributed by atoms with Gasteiger partial charge in [-0.2, -0.15) is 0 Å². The summed E-state index contributed by atoms with van der Waals surface area (Å²) in [6.45, 7) is 1.75. The van der Waals surface area contributed by atoms with Gasteiger partial charge in [0.15, 0.2) is 0 Å². The first-order valence-electron chi connectivity index (χ1n) is 7.51. The van der Waals surface area contributed by atoms with Gasteiger partial charge in [0.2, 0.25) is 0 Å². The van der Waals surface area contributed by atoms with Crippen LogP contribution in [0.4, 0.5) is 0 Å². The van der Waals surface area contributed by atoms with Crippen LogP contribution >= 0.6 is 38.9 Å². The van der Waals surface area contributed by atoms with Crippen molar-refractivity contribution in [3.8, 4) is 10.6 Å². The van der Waals surface area contributed by atoms with Gasteiger partial charge in [-0.15, -0.1) is 11.3 Å². The maximum atomic E-state index is 12.4. The zero-order valence-electron chi connectivity index (χ0n) is 13.8. The molecule has 0 saturated carbocycles. The summed E-state index contributed by atoms with van der Waals surface area (Å²) in [5.74, 6) is -0.825. The molecule has 0 aliphatic carbocycles. The van der Waals surface area contributed by atoms with E-state index in [1.165, 1.54) is 11.3 Å². The molecule has 2 heterocycles. The lowest BCUT2D eigenvalue weighted by Crippen LogP contribution is -2.42. The van der Waals surface area contributed by atoms with Crippen molar-refractivity contribution in [3.05, 3.63) is 62.3 Å². The smallest absolute Gasteiger partial charge is 0.286 e. The summed E-state index contributed by atoms with van der Waals surface area (Å²) < 4.78 is 2.43. The lowest BCUT2D eigenvalue weighted by atomic mass is 10.2. The van der Waals surface area contributed by atoms with Crippen molar-refractivity contribution in [3.63, 3.8) is 0 Å². The predicted octanol–water partition coefficient (Wildman–Crippen LogP) is 3.95. The monoisotopic (exact) mass is 452 g/mol. The Labute approximate surface area is 167 Å². The minimum Gasteiger partial charge on any atom is -0.345 e. The first-order chi connectivity index (χ1) is 12.3. The third kappa shape index (κ3) is 3.98. The Morgan fingerprint density at radius 2 is 1.85 bits per heavy atom. The number of benzene rings is 1. The summed E-state index contributed by atoms with van der Waals surface area (Å²) in [6.07, 6.45) is 1.75. The highest BCUT2D eigenvalue weighted by molar-refractivity contribution is 9.10. The summed E-state index contributed by atoms with van der Waals surface area (Å²) in [7, 11) is 1.74. The Bertz CT molecular complexity index is 981. The highest BCUT2D eigenvalue weighted by Gasteiger charge is 2.18. The van der Waals surface area contributed by atoms with E-state index in [9.17, 15) is 9.59 Å². The fourth-order valence-electron chi connectivity index (χ4n) is 2.31. The van der Waals surface area contributed by atoms with Crippen molar-refractivity contribution < 1.29 is 9.59 Å². The average molecular weight is 454 g/mol. The number of carbonyl (C=O) groups excluding carboxylic acids is 2. The first kappa shape index (κ1) is 18.6. The highest BCUT2D eigenvalue weighted by atomic mass is 79.9. The molecule has 2 aromatic heterocycles. The summed E-state index contributed by atoms with van der Waals surface area (Å²) >= 11 is 10.4. The average Bonchev–Trinajstić information content (AvgIpc) is 3.15. The van der Waals surface area contributed by atoms with Crippen LogP contribution in [0.15, 0.2) is 41.0 Å². The van der Waals surface area contributed by atoms with E-state index in [1.54, 1.807) is 42.9 Å². The van der Waals surface area contributed by atoms with Crippen molar-refractivity contribution in [2.75, 3.05) is 0 Å². The molecule has 134 valence electrons. The van der Waals surface area contributed by atoms with E-state index in [0.29, 0.717) is 26.3 Å².